The smallest absolute Gasteiger partial charge is 0.257 e. The molecule has 0 aliphatic carbocycles. The molecule has 6 heteroatoms. The lowest BCUT2D eigenvalue weighted by Gasteiger charge is -2.35. The van der Waals surface area contributed by atoms with Crippen LogP contribution in [0.15, 0.2) is 39.7 Å². The minimum Gasteiger partial charge on any atom is -0.457 e. The maximum Gasteiger partial charge on any atom is 0.257 e. The Labute approximate surface area is 125 Å². The maximum absolute atomic E-state index is 12.6. The second-order valence-electron chi connectivity index (χ2n) is 4.77. The molecule has 0 aromatic carbocycles. The molecular weight excluding hydrogens is 324 g/mol. The second kappa shape index (κ2) is 5.46. The van der Waals surface area contributed by atoms with Crippen LogP contribution in [0.25, 0.3) is 0 Å². The molecule has 1 aliphatic heterocycles. The molecule has 1 fully saturated rings. The lowest BCUT2D eigenvalue weighted by molar-refractivity contribution is -0.00466. The van der Waals surface area contributed by atoms with Gasteiger partial charge in [-0.3, -0.25) is 4.79 Å². The number of aryl methyl sites for hydroxylation is 1. The number of rotatable bonds is 2. The maximum atomic E-state index is 12.6. The van der Waals surface area contributed by atoms with E-state index in [4.69, 9.17) is 9.15 Å². The number of ether oxygens (including phenoxy) is 1. The summed E-state index contributed by atoms with van der Waals surface area (Å²) in [4.78, 5) is 14.5. The highest BCUT2D eigenvalue weighted by molar-refractivity contribution is 9.10. The number of furan rings is 1. The minimum atomic E-state index is -0.0649. The zero-order valence-electron chi connectivity index (χ0n) is 11.1. The number of aromatic nitrogens is 1. The number of hydrogen-bond acceptors (Lipinski definition) is 3. The van der Waals surface area contributed by atoms with Crippen molar-refractivity contribution in [2.24, 2.45) is 7.05 Å². The third-order valence-electron chi connectivity index (χ3n) is 3.53. The average molecular weight is 339 g/mol. The molecule has 0 unspecified atom stereocenters. The molecule has 106 valence electrons. The molecule has 0 radical (unpaired) electrons. The molecule has 20 heavy (non-hydrogen) atoms. The fourth-order valence-corrected chi connectivity index (χ4v) is 2.84. The SMILES string of the molecule is Cn1cccc1[C@H]1COCCN1C(=O)c1coc(Br)c1. The molecule has 1 atom stereocenters. The van der Waals surface area contributed by atoms with Crippen LogP contribution in [0.1, 0.15) is 22.1 Å². The van der Waals surface area contributed by atoms with Gasteiger partial charge in [0, 0.05) is 31.5 Å². The van der Waals surface area contributed by atoms with Gasteiger partial charge in [0.1, 0.15) is 6.26 Å². The van der Waals surface area contributed by atoms with Gasteiger partial charge in [-0.2, -0.15) is 0 Å². The lowest BCUT2D eigenvalue weighted by atomic mass is 10.1. The molecule has 0 saturated carbocycles. The van der Waals surface area contributed by atoms with Crippen LogP contribution < -0.4 is 0 Å². The molecule has 0 spiro atoms. The molecule has 1 saturated heterocycles. The highest BCUT2D eigenvalue weighted by Crippen LogP contribution is 2.27. The van der Waals surface area contributed by atoms with Gasteiger partial charge >= 0.3 is 0 Å². The number of nitrogens with zero attached hydrogens (tertiary/aromatic N) is 2. The van der Waals surface area contributed by atoms with Gasteiger partial charge in [0.15, 0.2) is 4.67 Å². The summed E-state index contributed by atoms with van der Waals surface area (Å²) >= 11 is 3.22. The highest BCUT2D eigenvalue weighted by Gasteiger charge is 2.31. The Morgan fingerprint density at radius 1 is 1.50 bits per heavy atom. The van der Waals surface area contributed by atoms with E-state index < -0.39 is 0 Å². The summed E-state index contributed by atoms with van der Waals surface area (Å²) in [7, 11) is 1.97. The predicted molar refractivity (Wildman–Crippen MR) is 76.4 cm³/mol. The second-order valence-corrected chi connectivity index (χ2v) is 5.55. The summed E-state index contributed by atoms with van der Waals surface area (Å²) in [6.45, 7) is 1.66. The van der Waals surface area contributed by atoms with E-state index in [0.29, 0.717) is 30.0 Å². The average Bonchev–Trinajstić information content (AvgIpc) is 3.07. The summed E-state index contributed by atoms with van der Waals surface area (Å²) < 4.78 is 13.3. The number of halogens is 1. The molecule has 2 aromatic rings. The standard InChI is InChI=1S/C14H15BrN2O3/c1-16-4-2-3-11(16)12-9-19-6-5-17(12)14(18)10-7-13(15)20-8-10/h2-4,7-8,12H,5-6,9H2,1H3/t12-/m1/s1. The van der Waals surface area contributed by atoms with Gasteiger partial charge in [0.2, 0.25) is 0 Å². The Morgan fingerprint density at radius 2 is 2.35 bits per heavy atom. The van der Waals surface area contributed by atoms with Crippen LogP contribution in [0.2, 0.25) is 0 Å². The van der Waals surface area contributed by atoms with Crippen LogP contribution in [0.5, 0.6) is 0 Å². The predicted octanol–water partition coefficient (Wildman–Crippen LogP) is 2.59. The summed E-state index contributed by atoms with van der Waals surface area (Å²) in [6.07, 6.45) is 3.45. The van der Waals surface area contributed by atoms with Crippen molar-refractivity contribution >= 4 is 21.8 Å². The Morgan fingerprint density at radius 3 is 3.00 bits per heavy atom. The van der Waals surface area contributed by atoms with Crippen molar-refractivity contribution < 1.29 is 13.9 Å². The summed E-state index contributed by atoms with van der Waals surface area (Å²) in [5, 5.41) is 0. The van der Waals surface area contributed by atoms with Crippen molar-refractivity contribution in [2.45, 2.75) is 6.04 Å². The Balaban J connectivity index is 1.89. The molecule has 2 aromatic heterocycles. The Hall–Kier alpha value is -1.53. The highest BCUT2D eigenvalue weighted by atomic mass is 79.9. The van der Waals surface area contributed by atoms with Crippen molar-refractivity contribution in [3.8, 4) is 0 Å². The molecule has 0 N–H and O–H groups in total. The van der Waals surface area contributed by atoms with Gasteiger partial charge in [-0.1, -0.05) is 0 Å². The summed E-state index contributed by atoms with van der Waals surface area (Å²) in [6, 6.07) is 5.62. The lowest BCUT2D eigenvalue weighted by Crippen LogP contribution is -2.43. The Bertz CT molecular complexity index is 619. The van der Waals surface area contributed by atoms with E-state index in [1.54, 1.807) is 6.07 Å². The van der Waals surface area contributed by atoms with Crippen molar-refractivity contribution in [1.82, 2.24) is 9.47 Å². The van der Waals surface area contributed by atoms with Crippen LogP contribution in [0.3, 0.4) is 0 Å². The molecule has 1 aliphatic rings. The number of carbonyl (C=O) groups excluding carboxylic acids is 1. The molecule has 0 bridgehead atoms. The van der Waals surface area contributed by atoms with E-state index >= 15 is 0 Å². The van der Waals surface area contributed by atoms with Crippen molar-refractivity contribution in [3.63, 3.8) is 0 Å². The largest absolute Gasteiger partial charge is 0.457 e. The first-order valence-corrected chi connectivity index (χ1v) is 7.20. The van der Waals surface area contributed by atoms with Crippen LogP contribution in [0, 0.1) is 0 Å². The van der Waals surface area contributed by atoms with Crippen molar-refractivity contribution in [3.05, 3.63) is 46.6 Å². The Kier molecular flexibility index (Phi) is 3.67. The van der Waals surface area contributed by atoms with Crippen LogP contribution >= 0.6 is 15.9 Å². The number of morpholine rings is 1. The van der Waals surface area contributed by atoms with Gasteiger partial charge < -0.3 is 18.6 Å². The van der Waals surface area contributed by atoms with Gasteiger partial charge in [0.25, 0.3) is 5.91 Å². The van der Waals surface area contributed by atoms with E-state index in [9.17, 15) is 4.79 Å². The van der Waals surface area contributed by atoms with E-state index in [0.717, 1.165) is 5.69 Å². The first-order chi connectivity index (χ1) is 9.66. The molecule has 5 nitrogen and oxygen atoms in total. The van der Waals surface area contributed by atoms with E-state index in [1.807, 2.05) is 34.8 Å². The number of hydrogen-bond donors (Lipinski definition) is 0. The number of carbonyl (C=O) groups is 1. The fourth-order valence-electron chi connectivity index (χ4n) is 2.50. The van der Waals surface area contributed by atoms with Gasteiger partial charge in [-0.05, 0) is 28.1 Å². The first kappa shape index (κ1) is 13.5. The quantitative estimate of drug-likeness (QED) is 0.845. The summed E-state index contributed by atoms with van der Waals surface area (Å²) in [5.41, 5.74) is 1.62. The van der Waals surface area contributed by atoms with Gasteiger partial charge in [-0.25, -0.2) is 0 Å². The van der Waals surface area contributed by atoms with E-state index in [1.165, 1.54) is 6.26 Å². The third-order valence-corrected chi connectivity index (χ3v) is 3.94. The van der Waals surface area contributed by atoms with E-state index in [-0.39, 0.29) is 11.9 Å². The van der Waals surface area contributed by atoms with E-state index in [2.05, 4.69) is 15.9 Å². The van der Waals surface area contributed by atoms with Crippen molar-refractivity contribution in [2.75, 3.05) is 19.8 Å². The normalized spacial score (nSPS) is 19.3. The van der Waals surface area contributed by atoms with Crippen LogP contribution in [0.4, 0.5) is 0 Å². The first-order valence-electron chi connectivity index (χ1n) is 6.41. The number of amides is 1. The summed E-state index contributed by atoms with van der Waals surface area (Å²) in [5.74, 6) is -0.0334. The van der Waals surface area contributed by atoms with Gasteiger partial charge in [0.05, 0.1) is 24.8 Å². The van der Waals surface area contributed by atoms with Gasteiger partial charge in [-0.15, -0.1) is 0 Å². The fraction of sp³-hybridized carbons (Fsp3) is 0.357. The van der Waals surface area contributed by atoms with Crippen molar-refractivity contribution in [1.29, 1.82) is 0 Å². The third kappa shape index (κ3) is 2.41. The van der Waals surface area contributed by atoms with Crippen LogP contribution in [-0.4, -0.2) is 35.1 Å². The molecule has 3 rings (SSSR count). The monoisotopic (exact) mass is 338 g/mol. The minimum absolute atomic E-state index is 0.0334. The topological polar surface area (TPSA) is 47.6 Å². The van der Waals surface area contributed by atoms with Crippen LogP contribution in [-0.2, 0) is 11.8 Å². The molecule has 3 heterocycles. The zero-order chi connectivity index (χ0) is 14.1. The molecule has 1 amide bonds. The molecular formula is C14H15BrN2O3. The zero-order valence-corrected chi connectivity index (χ0v) is 12.7.